The molecule has 1 aliphatic heterocycles. The highest BCUT2D eigenvalue weighted by atomic mass is 16.7. The Labute approximate surface area is 163 Å². The van der Waals surface area contributed by atoms with E-state index in [1.165, 1.54) is 0 Å². The summed E-state index contributed by atoms with van der Waals surface area (Å²) in [6.45, 7) is 5.92. The molecule has 1 saturated heterocycles. The molecule has 1 heterocycles. The molecule has 0 aromatic carbocycles. The quantitative estimate of drug-likeness (QED) is 0.408. The Hall–Kier alpha value is -2.20. The van der Waals surface area contributed by atoms with Crippen molar-refractivity contribution in [2.24, 2.45) is 0 Å². The number of rotatable bonds is 10. The molecule has 0 spiro atoms. The molecule has 0 amide bonds. The summed E-state index contributed by atoms with van der Waals surface area (Å²) in [4.78, 5) is 46.8. The highest BCUT2D eigenvalue weighted by Crippen LogP contribution is 2.30. The molecule has 0 unspecified atom stereocenters. The lowest BCUT2D eigenvalue weighted by molar-refractivity contribution is -0.186. The summed E-state index contributed by atoms with van der Waals surface area (Å²) in [5.74, 6) is -2.40. The standard InChI is InChI=1S/C18H28O10/c1-5-11(19)24-9-10(25-12(20)6-2)15-16(26-13(21)7-3)17(18(23)28-15)27-14(22)8-4/h10,15-18,23H,5-9H2,1-4H3/t10-,15+,16-,17+,18+/m0/s1. The number of aliphatic hydroxyl groups is 1. The van der Waals surface area contributed by atoms with Crippen molar-refractivity contribution in [2.75, 3.05) is 6.61 Å². The van der Waals surface area contributed by atoms with Gasteiger partial charge in [0.05, 0.1) is 0 Å². The normalized spacial score (nSPS) is 24.9. The van der Waals surface area contributed by atoms with Gasteiger partial charge in [-0.05, 0) is 0 Å². The average molecular weight is 404 g/mol. The highest BCUT2D eigenvalue weighted by molar-refractivity contribution is 5.71. The van der Waals surface area contributed by atoms with Crippen LogP contribution in [0.15, 0.2) is 0 Å². The largest absolute Gasteiger partial charge is 0.462 e. The van der Waals surface area contributed by atoms with Crippen LogP contribution in [0.4, 0.5) is 0 Å². The maximum Gasteiger partial charge on any atom is 0.306 e. The van der Waals surface area contributed by atoms with Crippen molar-refractivity contribution in [3.05, 3.63) is 0 Å². The maximum atomic E-state index is 11.8. The van der Waals surface area contributed by atoms with Gasteiger partial charge in [-0.3, -0.25) is 19.2 Å². The van der Waals surface area contributed by atoms with Gasteiger partial charge in [-0.1, -0.05) is 27.7 Å². The molecule has 160 valence electrons. The molecule has 28 heavy (non-hydrogen) atoms. The Morgan fingerprint density at radius 2 is 1.32 bits per heavy atom. The summed E-state index contributed by atoms with van der Waals surface area (Å²) in [5.41, 5.74) is 0. The number of carbonyl (C=O) groups is 4. The minimum Gasteiger partial charge on any atom is -0.462 e. The van der Waals surface area contributed by atoms with Gasteiger partial charge in [0.1, 0.15) is 12.7 Å². The Morgan fingerprint density at radius 3 is 1.82 bits per heavy atom. The van der Waals surface area contributed by atoms with Gasteiger partial charge in [0.2, 0.25) is 0 Å². The van der Waals surface area contributed by atoms with Crippen LogP contribution >= 0.6 is 0 Å². The molecule has 10 nitrogen and oxygen atoms in total. The Morgan fingerprint density at radius 1 is 0.821 bits per heavy atom. The first kappa shape index (κ1) is 23.8. The fourth-order valence-electron chi connectivity index (χ4n) is 2.42. The second kappa shape index (κ2) is 11.6. The SMILES string of the molecule is CCC(=O)OC[C@H](OC(=O)CC)[C@H]1O[C@@H](O)[C@H](OC(=O)CC)[C@H]1OC(=O)CC. The molecule has 1 fully saturated rings. The smallest absolute Gasteiger partial charge is 0.306 e. The number of hydrogen-bond acceptors (Lipinski definition) is 10. The van der Waals surface area contributed by atoms with Gasteiger partial charge in [0.25, 0.3) is 0 Å². The predicted molar refractivity (Wildman–Crippen MR) is 92.6 cm³/mol. The number of carbonyl (C=O) groups excluding carboxylic acids is 4. The van der Waals surface area contributed by atoms with Gasteiger partial charge in [-0.15, -0.1) is 0 Å². The van der Waals surface area contributed by atoms with E-state index in [0.29, 0.717) is 0 Å². The van der Waals surface area contributed by atoms with Crippen LogP contribution in [0.5, 0.6) is 0 Å². The predicted octanol–water partition coefficient (Wildman–Crippen LogP) is 0.622. The van der Waals surface area contributed by atoms with Gasteiger partial charge < -0.3 is 28.8 Å². The average Bonchev–Trinajstić information content (AvgIpc) is 2.99. The number of ether oxygens (including phenoxy) is 5. The minimum atomic E-state index is -1.61. The zero-order valence-electron chi connectivity index (χ0n) is 16.5. The Balaban J connectivity index is 3.10. The van der Waals surface area contributed by atoms with Crippen LogP contribution < -0.4 is 0 Å². The van der Waals surface area contributed by atoms with Crippen molar-refractivity contribution in [1.29, 1.82) is 0 Å². The lowest BCUT2D eigenvalue weighted by Crippen LogP contribution is -2.47. The monoisotopic (exact) mass is 404 g/mol. The van der Waals surface area contributed by atoms with Gasteiger partial charge >= 0.3 is 23.9 Å². The molecule has 0 aromatic heterocycles. The highest BCUT2D eigenvalue weighted by Gasteiger charge is 2.53. The van der Waals surface area contributed by atoms with Gasteiger partial charge in [-0.25, -0.2) is 0 Å². The molecule has 1 aliphatic rings. The first-order chi connectivity index (χ1) is 13.3. The molecule has 0 aliphatic carbocycles. The maximum absolute atomic E-state index is 11.8. The van der Waals surface area contributed by atoms with E-state index in [2.05, 4.69) is 0 Å². The van der Waals surface area contributed by atoms with Crippen LogP contribution in [-0.4, -0.2) is 66.3 Å². The number of hydrogen-bond donors (Lipinski definition) is 1. The van der Waals surface area contributed by atoms with E-state index in [-0.39, 0.29) is 32.3 Å². The Kier molecular flexibility index (Phi) is 9.88. The van der Waals surface area contributed by atoms with Gasteiger partial charge in [0, 0.05) is 25.7 Å². The molecular formula is C18H28O10. The molecular weight excluding hydrogens is 376 g/mol. The van der Waals surface area contributed by atoms with E-state index in [9.17, 15) is 24.3 Å². The molecule has 0 aromatic rings. The lowest BCUT2D eigenvalue weighted by atomic mass is 10.1. The van der Waals surface area contributed by atoms with Crippen molar-refractivity contribution in [2.45, 2.75) is 84.1 Å². The molecule has 1 rings (SSSR count). The summed E-state index contributed by atoms with van der Waals surface area (Å²) in [5, 5.41) is 10.2. The van der Waals surface area contributed by atoms with Crippen LogP contribution in [0.2, 0.25) is 0 Å². The minimum absolute atomic E-state index is 0.0258. The van der Waals surface area contributed by atoms with Crippen molar-refractivity contribution in [3.63, 3.8) is 0 Å². The summed E-state index contributed by atoms with van der Waals surface area (Å²) in [6.07, 6.45) is -6.32. The fourth-order valence-corrected chi connectivity index (χ4v) is 2.42. The molecule has 1 N–H and O–H groups in total. The summed E-state index contributed by atoms with van der Waals surface area (Å²) in [7, 11) is 0. The zero-order chi connectivity index (χ0) is 21.3. The zero-order valence-corrected chi connectivity index (χ0v) is 16.5. The molecule has 0 bridgehead atoms. The van der Waals surface area contributed by atoms with Crippen molar-refractivity contribution < 1.29 is 48.0 Å². The van der Waals surface area contributed by atoms with Crippen LogP contribution in [0.3, 0.4) is 0 Å². The second-order valence-corrected chi connectivity index (χ2v) is 6.03. The molecule has 10 heteroatoms. The van der Waals surface area contributed by atoms with E-state index in [0.717, 1.165) is 0 Å². The topological polar surface area (TPSA) is 135 Å². The third kappa shape index (κ3) is 6.75. The summed E-state index contributed by atoms with van der Waals surface area (Å²) < 4.78 is 26.1. The van der Waals surface area contributed by atoms with Crippen LogP contribution in [0.1, 0.15) is 53.4 Å². The molecule has 5 atom stereocenters. The molecule has 0 saturated carbocycles. The first-order valence-electron chi connectivity index (χ1n) is 9.34. The van der Waals surface area contributed by atoms with Crippen LogP contribution in [-0.2, 0) is 42.9 Å². The lowest BCUT2D eigenvalue weighted by Gasteiger charge is -2.28. The van der Waals surface area contributed by atoms with E-state index < -0.39 is 54.6 Å². The van der Waals surface area contributed by atoms with Crippen LogP contribution in [0, 0.1) is 0 Å². The summed E-state index contributed by atoms with van der Waals surface area (Å²) in [6, 6.07) is 0. The van der Waals surface area contributed by atoms with E-state index >= 15 is 0 Å². The van der Waals surface area contributed by atoms with E-state index in [1.54, 1.807) is 27.7 Å². The second-order valence-electron chi connectivity index (χ2n) is 6.03. The number of esters is 4. The first-order valence-corrected chi connectivity index (χ1v) is 9.34. The Bertz CT molecular complexity index is 561. The third-order valence-corrected chi connectivity index (χ3v) is 3.97. The van der Waals surface area contributed by atoms with Crippen LogP contribution in [0.25, 0.3) is 0 Å². The van der Waals surface area contributed by atoms with E-state index in [4.69, 9.17) is 23.7 Å². The van der Waals surface area contributed by atoms with Crippen molar-refractivity contribution >= 4 is 23.9 Å². The van der Waals surface area contributed by atoms with Gasteiger partial charge in [0.15, 0.2) is 24.6 Å². The third-order valence-electron chi connectivity index (χ3n) is 3.97. The van der Waals surface area contributed by atoms with Gasteiger partial charge in [-0.2, -0.15) is 0 Å². The molecule has 0 radical (unpaired) electrons. The number of aliphatic hydroxyl groups excluding tert-OH is 1. The van der Waals surface area contributed by atoms with Crippen molar-refractivity contribution in [3.8, 4) is 0 Å². The van der Waals surface area contributed by atoms with Crippen molar-refractivity contribution in [1.82, 2.24) is 0 Å². The fraction of sp³-hybridized carbons (Fsp3) is 0.778. The van der Waals surface area contributed by atoms with E-state index in [1.807, 2.05) is 0 Å². The summed E-state index contributed by atoms with van der Waals surface area (Å²) >= 11 is 0.